The van der Waals surface area contributed by atoms with Crippen molar-refractivity contribution in [3.8, 4) is 5.75 Å². The lowest BCUT2D eigenvalue weighted by molar-refractivity contribution is 0.241. The molecule has 0 spiro atoms. The fraction of sp³-hybridized carbons (Fsp3) is 0.500. The van der Waals surface area contributed by atoms with E-state index in [1.807, 2.05) is 47.7 Å². The lowest BCUT2D eigenvalue weighted by Gasteiger charge is -2.16. The van der Waals surface area contributed by atoms with Crippen molar-refractivity contribution >= 4 is 11.4 Å². The molecule has 0 aliphatic rings. The van der Waals surface area contributed by atoms with Crippen LogP contribution in [-0.4, -0.2) is 18.1 Å². The molecule has 3 heteroatoms. The first-order valence-corrected chi connectivity index (χ1v) is 6.05. The van der Waals surface area contributed by atoms with Gasteiger partial charge in [-0.1, -0.05) is 20.4 Å². The number of rotatable bonds is 4. The molecule has 0 amide bonds. The van der Waals surface area contributed by atoms with Crippen LogP contribution in [0, 0.1) is 0 Å². The van der Waals surface area contributed by atoms with Crippen LogP contribution in [0.25, 0.3) is 5.57 Å². The summed E-state index contributed by atoms with van der Waals surface area (Å²) < 4.78 is 5.71. The lowest BCUT2D eigenvalue weighted by Crippen LogP contribution is -2.08. The highest BCUT2D eigenvalue weighted by molar-refractivity contribution is 5.76. The highest BCUT2D eigenvalue weighted by Gasteiger charge is 2.11. The van der Waals surface area contributed by atoms with Gasteiger partial charge in [-0.3, -0.25) is 0 Å². The van der Waals surface area contributed by atoms with Crippen LogP contribution in [0.5, 0.6) is 5.75 Å². The standard InChI is InChI=1S/C12H18N2O.C2H6/c1-8(2)11-10(15-9(3)4)6-7-14-12(11)13-5;1-2/h6-7,9H,1H2,2-5H3,(H,13,14);1-2H3. The number of anilines is 1. The molecule has 0 fully saturated rings. The summed E-state index contributed by atoms with van der Waals surface area (Å²) in [7, 11) is 1.84. The van der Waals surface area contributed by atoms with Crippen molar-refractivity contribution in [3.05, 3.63) is 24.4 Å². The van der Waals surface area contributed by atoms with Crippen LogP contribution < -0.4 is 10.1 Å². The molecule has 1 heterocycles. The van der Waals surface area contributed by atoms with Crippen LogP contribution in [0.3, 0.4) is 0 Å². The second kappa shape index (κ2) is 7.71. The molecule has 96 valence electrons. The molecule has 0 saturated carbocycles. The highest BCUT2D eigenvalue weighted by Crippen LogP contribution is 2.30. The smallest absolute Gasteiger partial charge is 0.136 e. The third-order valence-electron chi connectivity index (χ3n) is 1.94. The Hall–Kier alpha value is -1.51. The van der Waals surface area contributed by atoms with Crippen molar-refractivity contribution in [2.24, 2.45) is 0 Å². The van der Waals surface area contributed by atoms with Crippen molar-refractivity contribution in [2.45, 2.75) is 40.7 Å². The number of hydrogen-bond acceptors (Lipinski definition) is 3. The van der Waals surface area contributed by atoms with Gasteiger partial charge in [0.25, 0.3) is 0 Å². The van der Waals surface area contributed by atoms with Crippen molar-refractivity contribution in [3.63, 3.8) is 0 Å². The van der Waals surface area contributed by atoms with Crippen molar-refractivity contribution in [2.75, 3.05) is 12.4 Å². The molecule has 0 atom stereocenters. The monoisotopic (exact) mass is 236 g/mol. The number of aromatic nitrogens is 1. The largest absolute Gasteiger partial charge is 0.490 e. The minimum absolute atomic E-state index is 0.148. The maximum absolute atomic E-state index is 5.71. The third-order valence-corrected chi connectivity index (χ3v) is 1.94. The maximum atomic E-state index is 5.71. The Kier molecular flexibility index (Phi) is 7.03. The van der Waals surface area contributed by atoms with E-state index in [9.17, 15) is 0 Å². The summed E-state index contributed by atoms with van der Waals surface area (Å²) >= 11 is 0. The Morgan fingerprint density at radius 2 is 2.00 bits per heavy atom. The maximum Gasteiger partial charge on any atom is 0.136 e. The first-order valence-electron chi connectivity index (χ1n) is 6.05. The van der Waals surface area contributed by atoms with E-state index in [1.54, 1.807) is 6.20 Å². The molecule has 0 radical (unpaired) electrons. The first kappa shape index (κ1) is 15.5. The molecular formula is C14H24N2O. The zero-order valence-corrected chi connectivity index (χ0v) is 11.8. The van der Waals surface area contributed by atoms with Gasteiger partial charge >= 0.3 is 0 Å². The minimum atomic E-state index is 0.148. The number of ether oxygens (including phenoxy) is 1. The molecule has 1 rings (SSSR count). The average Bonchev–Trinajstić information content (AvgIpc) is 2.30. The summed E-state index contributed by atoms with van der Waals surface area (Å²) in [6.45, 7) is 13.9. The molecule has 1 aromatic heterocycles. The van der Waals surface area contributed by atoms with Crippen LogP contribution in [0.1, 0.15) is 40.2 Å². The number of hydrogen-bond donors (Lipinski definition) is 1. The van der Waals surface area contributed by atoms with Gasteiger partial charge in [0.05, 0.1) is 11.7 Å². The molecule has 0 aliphatic carbocycles. The third kappa shape index (κ3) is 4.47. The lowest BCUT2D eigenvalue weighted by atomic mass is 10.1. The zero-order chi connectivity index (χ0) is 13.4. The first-order chi connectivity index (χ1) is 8.06. The Balaban J connectivity index is 0.00000121. The summed E-state index contributed by atoms with van der Waals surface area (Å²) in [6, 6.07) is 1.87. The Labute approximate surface area is 105 Å². The van der Waals surface area contributed by atoms with Gasteiger partial charge in [0.1, 0.15) is 11.6 Å². The predicted octanol–water partition coefficient (Wildman–Crippen LogP) is 3.97. The van der Waals surface area contributed by atoms with Crippen LogP contribution in [-0.2, 0) is 0 Å². The molecule has 0 bridgehead atoms. The van der Waals surface area contributed by atoms with Gasteiger partial charge in [0.2, 0.25) is 0 Å². The second-order valence-corrected chi connectivity index (χ2v) is 3.73. The highest BCUT2D eigenvalue weighted by atomic mass is 16.5. The molecule has 3 nitrogen and oxygen atoms in total. The SMILES string of the molecule is C=C(C)c1c(OC(C)C)ccnc1NC.CC. The van der Waals surface area contributed by atoms with Crippen molar-refractivity contribution in [1.82, 2.24) is 4.98 Å². The summed E-state index contributed by atoms with van der Waals surface area (Å²) in [5, 5.41) is 3.04. The van der Waals surface area contributed by atoms with Crippen molar-refractivity contribution in [1.29, 1.82) is 0 Å². The van der Waals surface area contributed by atoms with Gasteiger partial charge in [-0.15, -0.1) is 0 Å². The zero-order valence-electron chi connectivity index (χ0n) is 11.8. The summed E-state index contributed by atoms with van der Waals surface area (Å²) in [4.78, 5) is 4.23. The number of nitrogens with one attached hydrogen (secondary N) is 1. The Bertz CT molecular complexity index is 359. The van der Waals surface area contributed by atoms with Crippen LogP contribution in [0.2, 0.25) is 0 Å². The van der Waals surface area contributed by atoms with Gasteiger partial charge in [-0.25, -0.2) is 4.98 Å². The molecule has 1 N–H and O–H groups in total. The van der Waals surface area contributed by atoms with E-state index in [-0.39, 0.29) is 6.10 Å². The van der Waals surface area contributed by atoms with E-state index in [4.69, 9.17) is 4.74 Å². The minimum Gasteiger partial charge on any atom is -0.490 e. The quantitative estimate of drug-likeness (QED) is 0.859. The second-order valence-electron chi connectivity index (χ2n) is 3.73. The normalized spacial score (nSPS) is 9.35. The van der Waals surface area contributed by atoms with E-state index in [2.05, 4.69) is 16.9 Å². The fourth-order valence-electron chi connectivity index (χ4n) is 1.40. The molecule has 0 saturated heterocycles. The van der Waals surface area contributed by atoms with E-state index >= 15 is 0 Å². The van der Waals surface area contributed by atoms with E-state index in [0.717, 1.165) is 22.7 Å². The van der Waals surface area contributed by atoms with E-state index < -0.39 is 0 Å². The predicted molar refractivity (Wildman–Crippen MR) is 75.6 cm³/mol. The molecule has 0 aliphatic heterocycles. The molecule has 1 aromatic rings. The fourth-order valence-corrected chi connectivity index (χ4v) is 1.40. The summed E-state index contributed by atoms with van der Waals surface area (Å²) in [6.07, 6.45) is 1.88. The molecule has 17 heavy (non-hydrogen) atoms. The van der Waals surface area contributed by atoms with Crippen LogP contribution in [0.15, 0.2) is 18.8 Å². The topological polar surface area (TPSA) is 34.1 Å². The van der Waals surface area contributed by atoms with Gasteiger partial charge in [-0.2, -0.15) is 0 Å². The van der Waals surface area contributed by atoms with E-state index in [0.29, 0.717) is 0 Å². The van der Waals surface area contributed by atoms with Crippen LogP contribution >= 0.6 is 0 Å². The summed E-state index contributed by atoms with van der Waals surface area (Å²) in [5.41, 5.74) is 1.90. The van der Waals surface area contributed by atoms with Crippen LogP contribution in [0.4, 0.5) is 5.82 Å². The van der Waals surface area contributed by atoms with Crippen molar-refractivity contribution < 1.29 is 4.74 Å². The van der Waals surface area contributed by atoms with Gasteiger partial charge < -0.3 is 10.1 Å². The number of nitrogens with zero attached hydrogens (tertiary/aromatic N) is 1. The van der Waals surface area contributed by atoms with E-state index in [1.165, 1.54) is 0 Å². The Morgan fingerprint density at radius 1 is 1.41 bits per heavy atom. The Morgan fingerprint density at radius 3 is 2.41 bits per heavy atom. The number of pyridine rings is 1. The molecule has 0 aromatic carbocycles. The molecular weight excluding hydrogens is 212 g/mol. The average molecular weight is 236 g/mol. The summed E-state index contributed by atoms with van der Waals surface area (Å²) in [5.74, 6) is 1.64. The molecule has 0 unspecified atom stereocenters. The van der Waals surface area contributed by atoms with Gasteiger partial charge in [0, 0.05) is 13.2 Å². The number of allylic oxidation sites excluding steroid dienone is 1. The van der Waals surface area contributed by atoms with Gasteiger partial charge in [0.15, 0.2) is 0 Å². The van der Waals surface area contributed by atoms with Gasteiger partial charge in [-0.05, 0) is 32.4 Å².